The second-order valence-electron chi connectivity index (χ2n) is 6.76. The molecule has 2 atom stereocenters. The molecule has 1 aromatic carbocycles. The summed E-state index contributed by atoms with van der Waals surface area (Å²) >= 11 is 1.39. The van der Waals surface area contributed by atoms with Gasteiger partial charge in [0.05, 0.1) is 17.5 Å². The highest BCUT2D eigenvalue weighted by Crippen LogP contribution is 2.38. The molecule has 0 aromatic heterocycles. The average Bonchev–Trinajstić information content (AvgIpc) is 2.98. The summed E-state index contributed by atoms with van der Waals surface area (Å²) in [6.45, 7) is 4.14. The Kier molecular flexibility index (Phi) is 5.20. The molecule has 25 heavy (non-hydrogen) atoms. The third-order valence-corrected chi connectivity index (χ3v) is 7.68. The van der Waals surface area contributed by atoms with Crippen LogP contribution in [0, 0.1) is 11.7 Å². The van der Waals surface area contributed by atoms with Gasteiger partial charge in [-0.15, -0.1) is 0 Å². The normalized spacial score (nSPS) is 26.4. The fraction of sp³-hybridized carbons (Fsp3) is 0.529. The summed E-state index contributed by atoms with van der Waals surface area (Å²) < 4.78 is 36.9. The fourth-order valence-corrected chi connectivity index (χ4v) is 7.00. The molecule has 8 heteroatoms. The average molecular weight is 384 g/mol. The zero-order valence-electron chi connectivity index (χ0n) is 14.2. The van der Waals surface area contributed by atoms with E-state index in [1.165, 1.54) is 23.9 Å². The Morgan fingerprint density at radius 2 is 2.00 bits per heavy atom. The first-order chi connectivity index (χ1) is 11.7. The fourth-order valence-electron chi connectivity index (χ4n) is 3.02. The molecule has 2 fully saturated rings. The molecule has 2 aliphatic rings. The number of aliphatic imine (C=N–C) groups is 1. The maximum Gasteiger partial charge on any atom is 0.250 e. The Bertz CT molecular complexity index is 791. The van der Waals surface area contributed by atoms with Crippen molar-refractivity contribution in [1.82, 2.24) is 4.90 Å². The number of carbonyl (C=O) groups excluding carboxylic acids is 1. The highest BCUT2D eigenvalue weighted by molar-refractivity contribution is 8.15. The van der Waals surface area contributed by atoms with Gasteiger partial charge in [-0.1, -0.05) is 37.7 Å². The Labute approximate surface area is 151 Å². The predicted octanol–water partition coefficient (Wildman–Crippen LogP) is 2.12. The summed E-state index contributed by atoms with van der Waals surface area (Å²) in [5, 5.41) is 0.544. The summed E-state index contributed by atoms with van der Waals surface area (Å²) in [6, 6.07) is 6.12. The van der Waals surface area contributed by atoms with Gasteiger partial charge in [-0.05, 0) is 24.1 Å². The summed E-state index contributed by atoms with van der Waals surface area (Å²) in [6.07, 6.45) is 0.638. The van der Waals surface area contributed by atoms with Gasteiger partial charge in [0.2, 0.25) is 0 Å². The van der Waals surface area contributed by atoms with Crippen LogP contribution in [0.3, 0.4) is 0 Å². The van der Waals surface area contributed by atoms with Gasteiger partial charge in [0, 0.05) is 17.7 Å². The molecule has 2 unspecified atom stereocenters. The molecule has 5 nitrogen and oxygen atoms in total. The van der Waals surface area contributed by atoms with Crippen LogP contribution in [0.4, 0.5) is 4.39 Å². The van der Waals surface area contributed by atoms with Crippen LogP contribution in [0.1, 0.15) is 19.4 Å². The summed E-state index contributed by atoms with van der Waals surface area (Å²) in [7, 11) is -3.05. The van der Waals surface area contributed by atoms with Crippen molar-refractivity contribution in [2.24, 2.45) is 10.9 Å². The number of benzene rings is 1. The van der Waals surface area contributed by atoms with Gasteiger partial charge >= 0.3 is 0 Å². The van der Waals surface area contributed by atoms with E-state index in [0.29, 0.717) is 18.1 Å². The van der Waals surface area contributed by atoms with Crippen LogP contribution in [0.15, 0.2) is 29.3 Å². The minimum Gasteiger partial charge on any atom is -0.346 e. The first kappa shape index (κ1) is 18.4. The van der Waals surface area contributed by atoms with Crippen LogP contribution in [-0.2, 0) is 21.1 Å². The number of thioether (sulfide) groups is 1. The number of carbonyl (C=O) groups is 1. The minimum absolute atomic E-state index is 0.0723. The molecule has 2 saturated heterocycles. The van der Waals surface area contributed by atoms with Crippen molar-refractivity contribution < 1.29 is 17.6 Å². The number of hydrogen-bond donors (Lipinski definition) is 0. The lowest BCUT2D eigenvalue weighted by molar-refractivity contribution is -0.120. The summed E-state index contributed by atoms with van der Waals surface area (Å²) in [4.78, 5) is 18.2. The van der Waals surface area contributed by atoms with E-state index in [2.05, 4.69) is 4.99 Å². The summed E-state index contributed by atoms with van der Waals surface area (Å²) in [5.41, 5.74) is 0.963. The monoisotopic (exact) mass is 384 g/mol. The van der Waals surface area contributed by atoms with Crippen LogP contribution < -0.4 is 0 Å². The molecule has 0 saturated carbocycles. The van der Waals surface area contributed by atoms with Gasteiger partial charge in [-0.2, -0.15) is 4.99 Å². The maximum atomic E-state index is 13.0. The molecular formula is C17H21FN2O3S2. The van der Waals surface area contributed by atoms with Gasteiger partial charge in [0.1, 0.15) is 5.82 Å². The number of rotatable bonds is 4. The quantitative estimate of drug-likeness (QED) is 0.796. The lowest BCUT2D eigenvalue weighted by atomic mass is 10.1. The van der Waals surface area contributed by atoms with E-state index in [0.717, 1.165) is 5.56 Å². The first-order valence-corrected chi connectivity index (χ1v) is 11.0. The van der Waals surface area contributed by atoms with Crippen LogP contribution >= 0.6 is 11.8 Å². The highest BCUT2D eigenvalue weighted by atomic mass is 32.2. The summed E-state index contributed by atoms with van der Waals surface area (Å²) in [5.74, 6) is -0.451. The Morgan fingerprint density at radius 3 is 2.64 bits per heavy atom. The molecule has 0 N–H and O–H groups in total. The molecule has 136 valence electrons. The van der Waals surface area contributed by atoms with Gasteiger partial charge in [-0.3, -0.25) is 4.79 Å². The highest BCUT2D eigenvalue weighted by Gasteiger charge is 2.48. The Hall–Kier alpha value is -1.41. The molecule has 2 heterocycles. The van der Waals surface area contributed by atoms with E-state index in [1.807, 2.05) is 4.90 Å². The van der Waals surface area contributed by atoms with Crippen LogP contribution in [0.25, 0.3) is 0 Å². The second kappa shape index (κ2) is 7.07. The third kappa shape index (κ3) is 4.23. The zero-order chi connectivity index (χ0) is 18.2. The van der Waals surface area contributed by atoms with Crippen LogP contribution in [0.2, 0.25) is 0 Å². The van der Waals surface area contributed by atoms with Crippen molar-refractivity contribution in [2.45, 2.75) is 31.6 Å². The molecule has 1 aromatic rings. The lowest BCUT2D eigenvalue weighted by Gasteiger charge is -2.24. The largest absolute Gasteiger partial charge is 0.346 e. The van der Waals surface area contributed by atoms with Crippen LogP contribution in [0.5, 0.6) is 0 Å². The lowest BCUT2D eigenvalue weighted by Crippen LogP contribution is -2.39. The Balaban J connectivity index is 1.79. The second-order valence-corrected chi connectivity index (χ2v) is 10.1. The molecule has 2 aliphatic heterocycles. The molecule has 0 spiro atoms. The van der Waals surface area contributed by atoms with Gasteiger partial charge in [0.15, 0.2) is 15.0 Å². The van der Waals surface area contributed by atoms with E-state index in [9.17, 15) is 17.6 Å². The van der Waals surface area contributed by atoms with E-state index >= 15 is 0 Å². The number of fused-ring (bicyclic) bond motifs is 1. The van der Waals surface area contributed by atoms with E-state index in [1.54, 1.807) is 26.0 Å². The number of hydrogen-bond acceptors (Lipinski definition) is 4. The standard InChI is InChI=1S/C17H21FN2O3S2/c1-11(2)16(21)19-17-20(8-7-12-3-5-13(18)6-4-12)14-9-25(22,23)10-15(14)24-17/h3-6,11,14-15H,7-10H2,1-2H3. The number of nitrogens with zero attached hydrogens (tertiary/aromatic N) is 2. The van der Waals surface area contributed by atoms with Crippen molar-refractivity contribution in [2.75, 3.05) is 18.1 Å². The van der Waals surface area contributed by atoms with Gasteiger partial charge in [0.25, 0.3) is 5.91 Å². The Morgan fingerprint density at radius 1 is 1.32 bits per heavy atom. The first-order valence-electron chi connectivity index (χ1n) is 8.26. The SMILES string of the molecule is CC(C)C(=O)N=C1SC2CS(=O)(=O)CC2N1CCc1ccc(F)cc1. The van der Waals surface area contributed by atoms with Crippen molar-refractivity contribution in [1.29, 1.82) is 0 Å². The van der Waals surface area contributed by atoms with Crippen molar-refractivity contribution >= 4 is 32.7 Å². The zero-order valence-corrected chi connectivity index (χ0v) is 15.8. The van der Waals surface area contributed by atoms with Gasteiger partial charge in [-0.25, -0.2) is 12.8 Å². The third-order valence-electron chi connectivity index (χ3n) is 4.43. The molecule has 0 radical (unpaired) electrons. The van der Waals surface area contributed by atoms with Crippen molar-refractivity contribution in [3.05, 3.63) is 35.6 Å². The van der Waals surface area contributed by atoms with Crippen molar-refractivity contribution in [3.8, 4) is 0 Å². The molecular weight excluding hydrogens is 363 g/mol. The van der Waals surface area contributed by atoms with E-state index < -0.39 is 9.84 Å². The van der Waals surface area contributed by atoms with Gasteiger partial charge < -0.3 is 4.90 Å². The number of amidine groups is 1. The van der Waals surface area contributed by atoms with Crippen LogP contribution in [-0.4, -0.2) is 53.7 Å². The van der Waals surface area contributed by atoms with E-state index in [4.69, 9.17) is 0 Å². The van der Waals surface area contributed by atoms with Crippen molar-refractivity contribution in [3.63, 3.8) is 0 Å². The number of halogens is 1. The predicted molar refractivity (Wildman–Crippen MR) is 97.9 cm³/mol. The maximum absolute atomic E-state index is 13.0. The smallest absolute Gasteiger partial charge is 0.250 e. The minimum atomic E-state index is -3.05. The molecule has 1 amide bonds. The molecule has 0 aliphatic carbocycles. The molecule has 3 rings (SSSR count). The topological polar surface area (TPSA) is 66.8 Å². The number of amides is 1. The van der Waals surface area contributed by atoms with E-state index in [-0.39, 0.29) is 40.4 Å². The molecule has 0 bridgehead atoms. The number of sulfone groups is 1.